The van der Waals surface area contributed by atoms with Gasteiger partial charge in [0.1, 0.15) is 6.10 Å². The van der Waals surface area contributed by atoms with Gasteiger partial charge < -0.3 is 20.3 Å². The highest BCUT2D eigenvalue weighted by molar-refractivity contribution is 7.07. The molecule has 4 rings (SSSR count). The molecule has 7 nitrogen and oxygen atoms in total. The second-order valence-electron chi connectivity index (χ2n) is 6.91. The summed E-state index contributed by atoms with van der Waals surface area (Å²) in [6.45, 7) is 0.954. The molecule has 0 saturated carbocycles. The van der Waals surface area contributed by atoms with Gasteiger partial charge in [-0.25, -0.2) is 0 Å². The van der Waals surface area contributed by atoms with Crippen molar-refractivity contribution in [2.45, 2.75) is 25.4 Å². The van der Waals surface area contributed by atoms with E-state index in [1.807, 2.05) is 27.8 Å². The number of carbonyl (C=O) groups is 3. The lowest BCUT2D eigenvalue weighted by molar-refractivity contribution is -0.136. The number of aryl methyl sites for hydroxylation is 1. The van der Waals surface area contributed by atoms with Crippen LogP contribution in [0.3, 0.4) is 0 Å². The number of ether oxygens (including phenoxy) is 1. The number of benzene rings is 1. The summed E-state index contributed by atoms with van der Waals surface area (Å²) >= 11 is 1.54. The smallest absolute Gasteiger partial charge is 0.313 e. The molecule has 8 heteroatoms. The third-order valence-electron chi connectivity index (χ3n) is 5.12. The number of rotatable bonds is 5. The van der Waals surface area contributed by atoms with E-state index in [1.165, 1.54) is 0 Å². The fourth-order valence-corrected chi connectivity index (χ4v) is 4.50. The predicted octanol–water partition coefficient (Wildman–Crippen LogP) is 2.03. The first kappa shape index (κ1) is 18.6. The Labute approximate surface area is 166 Å². The van der Waals surface area contributed by atoms with Crippen molar-refractivity contribution in [3.8, 4) is 0 Å². The van der Waals surface area contributed by atoms with Crippen LogP contribution in [-0.2, 0) is 32.0 Å². The molecular formula is C20H21N3O4S. The molecule has 28 heavy (non-hydrogen) atoms. The SMILES string of the molecule is CO[C@H](CNC(=O)C(=O)Nc1cc2c3c(c1)CC(=O)N3CCC2)c1ccsc1. The van der Waals surface area contributed by atoms with Crippen LogP contribution in [0.4, 0.5) is 11.4 Å². The molecule has 1 aromatic heterocycles. The van der Waals surface area contributed by atoms with Crippen molar-refractivity contribution in [1.29, 1.82) is 0 Å². The summed E-state index contributed by atoms with van der Waals surface area (Å²) in [4.78, 5) is 38.5. The van der Waals surface area contributed by atoms with E-state index >= 15 is 0 Å². The van der Waals surface area contributed by atoms with Crippen LogP contribution in [0.25, 0.3) is 0 Å². The third kappa shape index (κ3) is 3.53. The Morgan fingerprint density at radius 1 is 1.29 bits per heavy atom. The minimum Gasteiger partial charge on any atom is -0.375 e. The highest BCUT2D eigenvalue weighted by atomic mass is 32.1. The summed E-state index contributed by atoms with van der Waals surface area (Å²) in [5.41, 5.74) is 4.45. The lowest BCUT2D eigenvalue weighted by atomic mass is 9.99. The van der Waals surface area contributed by atoms with Crippen molar-refractivity contribution >= 4 is 40.4 Å². The van der Waals surface area contributed by atoms with Crippen molar-refractivity contribution in [2.24, 2.45) is 0 Å². The molecular weight excluding hydrogens is 378 g/mol. The van der Waals surface area contributed by atoms with Gasteiger partial charge in [0.2, 0.25) is 5.91 Å². The Morgan fingerprint density at radius 2 is 2.11 bits per heavy atom. The van der Waals surface area contributed by atoms with Crippen LogP contribution < -0.4 is 15.5 Å². The first-order valence-corrected chi connectivity index (χ1v) is 10.1. The van der Waals surface area contributed by atoms with Crippen LogP contribution in [0, 0.1) is 0 Å². The fourth-order valence-electron chi connectivity index (χ4n) is 3.80. The molecule has 2 aliphatic heterocycles. The van der Waals surface area contributed by atoms with E-state index in [-0.39, 0.29) is 18.6 Å². The van der Waals surface area contributed by atoms with Gasteiger partial charge in [-0.05, 0) is 58.5 Å². The highest BCUT2D eigenvalue weighted by Crippen LogP contribution is 2.38. The van der Waals surface area contributed by atoms with Crippen LogP contribution >= 0.6 is 11.3 Å². The molecule has 0 radical (unpaired) electrons. The number of thiophene rings is 1. The minimum atomic E-state index is -0.732. The molecule has 1 atom stereocenters. The first-order chi connectivity index (χ1) is 13.6. The molecule has 0 bridgehead atoms. The van der Waals surface area contributed by atoms with Gasteiger partial charge in [0.25, 0.3) is 0 Å². The molecule has 2 N–H and O–H groups in total. The Kier molecular flexibility index (Phi) is 5.15. The second-order valence-corrected chi connectivity index (χ2v) is 7.69. The fraction of sp³-hybridized carbons (Fsp3) is 0.350. The van der Waals surface area contributed by atoms with Crippen LogP contribution in [0.2, 0.25) is 0 Å². The van der Waals surface area contributed by atoms with Crippen molar-refractivity contribution in [3.05, 3.63) is 45.6 Å². The van der Waals surface area contributed by atoms with Crippen LogP contribution in [-0.4, -0.2) is 37.9 Å². The number of hydrogen-bond acceptors (Lipinski definition) is 5. The molecule has 146 valence electrons. The molecule has 0 unspecified atom stereocenters. The lowest BCUT2D eigenvalue weighted by Gasteiger charge is -2.26. The van der Waals surface area contributed by atoms with Gasteiger partial charge in [0.15, 0.2) is 0 Å². The number of anilines is 2. The lowest BCUT2D eigenvalue weighted by Crippen LogP contribution is -2.38. The molecule has 3 heterocycles. The van der Waals surface area contributed by atoms with Crippen LogP contribution in [0.15, 0.2) is 29.0 Å². The van der Waals surface area contributed by atoms with E-state index in [4.69, 9.17) is 4.74 Å². The van der Waals surface area contributed by atoms with Gasteiger partial charge in [0.05, 0.1) is 12.1 Å². The Bertz CT molecular complexity index is 926. The maximum Gasteiger partial charge on any atom is 0.313 e. The Balaban J connectivity index is 1.41. The number of nitrogens with one attached hydrogen (secondary N) is 2. The highest BCUT2D eigenvalue weighted by Gasteiger charge is 2.32. The van der Waals surface area contributed by atoms with E-state index in [0.717, 1.165) is 41.8 Å². The quantitative estimate of drug-likeness (QED) is 0.753. The van der Waals surface area contributed by atoms with Gasteiger partial charge in [-0.15, -0.1) is 0 Å². The number of nitrogens with zero attached hydrogens (tertiary/aromatic N) is 1. The topological polar surface area (TPSA) is 87.7 Å². The largest absolute Gasteiger partial charge is 0.375 e. The van der Waals surface area contributed by atoms with Crippen LogP contribution in [0.1, 0.15) is 29.2 Å². The van der Waals surface area contributed by atoms with E-state index < -0.39 is 11.8 Å². The maximum absolute atomic E-state index is 12.3. The molecule has 2 aromatic rings. The average Bonchev–Trinajstić information content (AvgIpc) is 3.32. The van der Waals surface area contributed by atoms with Gasteiger partial charge in [-0.3, -0.25) is 14.4 Å². The molecule has 1 aromatic carbocycles. The summed E-state index contributed by atoms with van der Waals surface area (Å²) in [5, 5.41) is 9.15. The molecule has 0 fully saturated rings. The molecule has 0 aliphatic carbocycles. The van der Waals surface area contributed by atoms with E-state index in [0.29, 0.717) is 12.1 Å². The average molecular weight is 399 g/mol. The number of methoxy groups -OCH3 is 1. The zero-order chi connectivity index (χ0) is 19.7. The predicted molar refractivity (Wildman–Crippen MR) is 107 cm³/mol. The number of carbonyl (C=O) groups excluding carboxylic acids is 3. The number of amides is 3. The van der Waals surface area contributed by atoms with Gasteiger partial charge in [-0.2, -0.15) is 11.3 Å². The zero-order valence-corrected chi connectivity index (χ0v) is 16.3. The van der Waals surface area contributed by atoms with Gasteiger partial charge in [0, 0.05) is 25.9 Å². The summed E-state index contributed by atoms with van der Waals surface area (Å²) in [7, 11) is 1.56. The van der Waals surface area contributed by atoms with Gasteiger partial charge in [-0.1, -0.05) is 0 Å². The molecule has 0 spiro atoms. The molecule has 2 aliphatic rings. The summed E-state index contributed by atoms with van der Waals surface area (Å²) < 4.78 is 5.37. The normalized spacial score (nSPS) is 15.9. The maximum atomic E-state index is 12.3. The van der Waals surface area contributed by atoms with Crippen LogP contribution in [0.5, 0.6) is 0 Å². The van der Waals surface area contributed by atoms with Crippen molar-refractivity contribution in [2.75, 3.05) is 30.4 Å². The third-order valence-corrected chi connectivity index (χ3v) is 5.82. The van der Waals surface area contributed by atoms with Gasteiger partial charge >= 0.3 is 11.8 Å². The summed E-state index contributed by atoms with van der Waals surface area (Å²) in [6.07, 6.45) is 1.80. The van der Waals surface area contributed by atoms with Crippen molar-refractivity contribution in [1.82, 2.24) is 5.32 Å². The minimum absolute atomic E-state index is 0.0937. The van der Waals surface area contributed by atoms with Crippen molar-refractivity contribution in [3.63, 3.8) is 0 Å². The zero-order valence-electron chi connectivity index (χ0n) is 15.5. The monoisotopic (exact) mass is 399 g/mol. The molecule has 0 saturated heterocycles. The van der Waals surface area contributed by atoms with E-state index in [9.17, 15) is 14.4 Å². The summed E-state index contributed by atoms with van der Waals surface area (Å²) in [5.74, 6) is -1.36. The van der Waals surface area contributed by atoms with E-state index in [2.05, 4.69) is 10.6 Å². The molecule has 3 amide bonds. The van der Waals surface area contributed by atoms with E-state index in [1.54, 1.807) is 24.5 Å². The second kappa shape index (κ2) is 7.73. The summed E-state index contributed by atoms with van der Waals surface area (Å²) in [6, 6.07) is 5.57. The number of hydrogen-bond donors (Lipinski definition) is 2. The standard InChI is InChI=1S/C20H21N3O4S/c1-27-16(13-4-6-28-11-13)10-21-19(25)20(26)22-15-7-12-3-2-5-23-17(24)9-14(8-15)18(12)23/h4,6-8,11,16H,2-3,5,9-10H2,1H3,(H,21,25)(H,22,26)/t16-/m1/s1. The van der Waals surface area contributed by atoms with Crippen molar-refractivity contribution < 1.29 is 19.1 Å². The first-order valence-electron chi connectivity index (χ1n) is 9.17. The Morgan fingerprint density at radius 3 is 2.86 bits per heavy atom. The Hall–Kier alpha value is -2.71.